The molecule has 0 saturated heterocycles. The van der Waals surface area contributed by atoms with Gasteiger partial charge in [-0.05, 0) is 43.2 Å². The molecule has 2 fully saturated rings. The third-order valence-corrected chi connectivity index (χ3v) is 5.64. The average Bonchev–Trinajstić information content (AvgIpc) is 3.33. The first-order valence-electron chi connectivity index (χ1n) is 8.75. The number of benzene rings is 1. The summed E-state index contributed by atoms with van der Waals surface area (Å²) in [4.78, 5) is 12.8. The van der Waals surface area contributed by atoms with Crippen molar-refractivity contribution in [3.05, 3.63) is 36.0 Å². The number of rotatable bonds is 4. The zero-order valence-electron chi connectivity index (χ0n) is 13.9. The van der Waals surface area contributed by atoms with Gasteiger partial charge in [0.05, 0.1) is 24.6 Å². The number of nitrogens with one attached hydrogen (secondary N) is 2. The summed E-state index contributed by atoms with van der Waals surface area (Å²) in [5.41, 5.74) is 2.25. The van der Waals surface area contributed by atoms with E-state index in [2.05, 4.69) is 15.5 Å². The van der Waals surface area contributed by atoms with Crippen LogP contribution < -0.4 is 10.1 Å². The normalized spacial score (nSPS) is 25.5. The number of carbonyl (C=O) groups is 1. The Morgan fingerprint density at radius 1 is 1.29 bits per heavy atom. The summed E-state index contributed by atoms with van der Waals surface area (Å²) in [6, 6.07) is 7.98. The van der Waals surface area contributed by atoms with Crippen molar-refractivity contribution in [3.8, 4) is 17.0 Å². The maximum atomic E-state index is 12.8. The van der Waals surface area contributed by atoms with Gasteiger partial charge in [0.25, 0.3) is 5.91 Å². The van der Waals surface area contributed by atoms with Crippen LogP contribution in [0.2, 0.25) is 0 Å². The van der Waals surface area contributed by atoms with Gasteiger partial charge in [-0.15, -0.1) is 0 Å². The Balaban J connectivity index is 1.54. The second-order valence-electron chi connectivity index (χ2n) is 6.90. The molecule has 24 heavy (non-hydrogen) atoms. The minimum Gasteiger partial charge on any atom is -0.497 e. The standard InChI is InChI=1S/C19H23N3O2/c1-24-14-6-2-5-13(10-14)18-16(11-20-22-18)19(23)21-17-9-8-12-4-3-7-15(12)17/h2,5-6,10-12,15,17H,3-4,7-9H2,1H3,(H,20,22)(H,21,23)/t12-,15-,17-/m1/s1. The van der Waals surface area contributed by atoms with Gasteiger partial charge in [0, 0.05) is 11.6 Å². The van der Waals surface area contributed by atoms with E-state index < -0.39 is 0 Å². The van der Waals surface area contributed by atoms with Crippen LogP contribution in [0.4, 0.5) is 0 Å². The van der Waals surface area contributed by atoms with Gasteiger partial charge in [0.2, 0.25) is 0 Å². The Hall–Kier alpha value is -2.30. The van der Waals surface area contributed by atoms with Crippen molar-refractivity contribution in [1.82, 2.24) is 15.5 Å². The number of hydrogen-bond donors (Lipinski definition) is 2. The van der Waals surface area contributed by atoms with Crippen LogP contribution in [-0.4, -0.2) is 29.3 Å². The Morgan fingerprint density at radius 2 is 2.21 bits per heavy atom. The summed E-state index contributed by atoms with van der Waals surface area (Å²) in [5.74, 6) is 2.22. The number of hydrogen-bond acceptors (Lipinski definition) is 3. The van der Waals surface area contributed by atoms with Crippen molar-refractivity contribution in [1.29, 1.82) is 0 Å². The topological polar surface area (TPSA) is 67.0 Å². The molecule has 4 rings (SSSR count). The number of amides is 1. The highest BCUT2D eigenvalue weighted by molar-refractivity contribution is 6.00. The van der Waals surface area contributed by atoms with E-state index in [1.54, 1.807) is 13.3 Å². The lowest BCUT2D eigenvalue weighted by Gasteiger charge is -2.20. The van der Waals surface area contributed by atoms with Crippen LogP contribution in [0.25, 0.3) is 11.3 Å². The molecule has 1 aromatic heterocycles. The van der Waals surface area contributed by atoms with Gasteiger partial charge in [0.15, 0.2) is 0 Å². The molecular weight excluding hydrogens is 302 g/mol. The molecule has 0 aliphatic heterocycles. The number of nitrogens with zero attached hydrogens (tertiary/aromatic N) is 1. The molecule has 126 valence electrons. The van der Waals surface area contributed by atoms with Crippen molar-refractivity contribution in [2.45, 2.75) is 38.1 Å². The number of ether oxygens (including phenoxy) is 1. The maximum Gasteiger partial charge on any atom is 0.255 e. The molecule has 1 amide bonds. The van der Waals surface area contributed by atoms with E-state index in [-0.39, 0.29) is 5.91 Å². The van der Waals surface area contributed by atoms with Crippen LogP contribution in [0.15, 0.2) is 30.5 Å². The molecule has 1 aromatic carbocycles. The van der Waals surface area contributed by atoms with E-state index in [9.17, 15) is 4.79 Å². The second-order valence-corrected chi connectivity index (χ2v) is 6.90. The molecule has 0 spiro atoms. The van der Waals surface area contributed by atoms with Gasteiger partial charge in [-0.25, -0.2) is 0 Å². The Bertz CT molecular complexity index is 740. The summed E-state index contributed by atoms with van der Waals surface area (Å²) in [5, 5.41) is 10.3. The summed E-state index contributed by atoms with van der Waals surface area (Å²) in [6.07, 6.45) is 7.87. The van der Waals surface area contributed by atoms with E-state index in [1.807, 2.05) is 24.3 Å². The molecule has 5 heteroatoms. The molecule has 2 saturated carbocycles. The Morgan fingerprint density at radius 3 is 3.08 bits per heavy atom. The SMILES string of the molecule is COc1cccc(-c2[nH]ncc2C(=O)N[C@@H]2CC[C@H]3CCC[C@H]32)c1. The van der Waals surface area contributed by atoms with Crippen LogP contribution in [0.5, 0.6) is 5.75 Å². The van der Waals surface area contributed by atoms with Crippen LogP contribution in [0.1, 0.15) is 42.5 Å². The predicted molar refractivity (Wildman–Crippen MR) is 91.9 cm³/mol. The van der Waals surface area contributed by atoms with E-state index in [1.165, 1.54) is 25.7 Å². The molecule has 0 radical (unpaired) electrons. The summed E-state index contributed by atoms with van der Waals surface area (Å²) >= 11 is 0. The fraction of sp³-hybridized carbons (Fsp3) is 0.474. The molecule has 0 unspecified atom stereocenters. The number of fused-ring (bicyclic) bond motifs is 1. The lowest BCUT2D eigenvalue weighted by atomic mass is 9.97. The minimum atomic E-state index is -0.0286. The van der Waals surface area contributed by atoms with Gasteiger partial charge in [-0.2, -0.15) is 5.10 Å². The summed E-state index contributed by atoms with van der Waals surface area (Å²) in [7, 11) is 1.64. The zero-order valence-corrected chi connectivity index (χ0v) is 13.9. The Labute approximate surface area is 141 Å². The van der Waals surface area contributed by atoms with E-state index in [0.717, 1.165) is 29.3 Å². The van der Waals surface area contributed by atoms with Crippen molar-refractivity contribution in [2.75, 3.05) is 7.11 Å². The zero-order chi connectivity index (χ0) is 16.5. The van der Waals surface area contributed by atoms with Crippen LogP contribution in [0.3, 0.4) is 0 Å². The number of aromatic amines is 1. The van der Waals surface area contributed by atoms with E-state index >= 15 is 0 Å². The van der Waals surface area contributed by atoms with E-state index in [4.69, 9.17) is 4.74 Å². The maximum absolute atomic E-state index is 12.8. The first-order valence-corrected chi connectivity index (χ1v) is 8.75. The number of methoxy groups -OCH3 is 1. The highest BCUT2D eigenvalue weighted by Crippen LogP contribution is 2.44. The smallest absolute Gasteiger partial charge is 0.255 e. The summed E-state index contributed by atoms with van der Waals surface area (Å²) in [6.45, 7) is 0. The number of H-pyrrole nitrogens is 1. The molecule has 3 atom stereocenters. The first kappa shape index (κ1) is 15.2. The molecular formula is C19H23N3O2. The second kappa shape index (κ2) is 6.30. The highest BCUT2D eigenvalue weighted by Gasteiger charge is 2.39. The quantitative estimate of drug-likeness (QED) is 0.905. The fourth-order valence-electron chi connectivity index (χ4n) is 4.44. The highest BCUT2D eigenvalue weighted by atomic mass is 16.5. The molecule has 5 nitrogen and oxygen atoms in total. The van der Waals surface area contributed by atoms with E-state index in [0.29, 0.717) is 17.5 Å². The van der Waals surface area contributed by atoms with Gasteiger partial charge in [0.1, 0.15) is 5.75 Å². The average molecular weight is 325 g/mol. The molecule has 2 aliphatic carbocycles. The van der Waals surface area contributed by atoms with Gasteiger partial charge in [-0.1, -0.05) is 25.0 Å². The third kappa shape index (κ3) is 2.68. The van der Waals surface area contributed by atoms with Crippen LogP contribution >= 0.6 is 0 Å². The van der Waals surface area contributed by atoms with Crippen molar-refractivity contribution < 1.29 is 9.53 Å². The Kier molecular flexibility index (Phi) is 4.00. The fourth-order valence-corrected chi connectivity index (χ4v) is 4.44. The predicted octanol–water partition coefficient (Wildman–Crippen LogP) is 3.39. The van der Waals surface area contributed by atoms with Crippen molar-refractivity contribution >= 4 is 5.91 Å². The lowest BCUT2D eigenvalue weighted by molar-refractivity contribution is 0.0927. The van der Waals surface area contributed by atoms with Gasteiger partial charge >= 0.3 is 0 Å². The van der Waals surface area contributed by atoms with Crippen LogP contribution in [-0.2, 0) is 0 Å². The summed E-state index contributed by atoms with van der Waals surface area (Å²) < 4.78 is 5.27. The monoisotopic (exact) mass is 325 g/mol. The van der Waals surface area contributed by atoms with Crippen LogP contribution in [0, 0.1) is 11.8 Å². The minimum absolute atomic E-state index is 0.0286. The van der Waals surface area contributed by atoms with Crippen molar-refractivity contribution in [2.24, 2.45) is 11.8 Å². The molecule has 2 aromatic rings. The van der Waals surface area contributed by atoms with Gasteiger partial charge in [-0.3, -0.25) is 9.89 Å². The largest absolute Gasteiger partial charge is 0.497 e. The first-order chi connectivity index (χ1) is 11.8. The van der Waals surface area contributed by atoms with Crippen molar-refractivity contribution in [3.63, 3.8) is 0 Å². The molecule has 1 heterocycles. The van der Waals surface area contributed by atoms with Gasteiger partial charge < -0.3 is 10.1 Å². The molecule has 2 N–H and O–H groups in total. The number of carbonyl (C=O) groups excluding carboxylic acids is 1. The third-order valence-electron chi connectivity index (χ3n) is 5.64. The molecule has 0 bridgehead atoms. The number of aromatic nitrogens is 2. The lowest BCUT2D eigenvalue weighted by Crippen LogP contribution is -2.37. The molecule has 2 aliphatic rings.